The van der Waals surface area contributed by atoms with E-state index < -0.39 is 10.0 Å². The zero-order valence-corrected chi connectivity index (χ0v) is 16.3. The molecule has 0 spiro atoms. The quantitative estimate of drug-likeness (QED) is 0.632. The zero-order chi connectivity index (χ0) is 19.4. The molecule has 27 heavy (non-hydrogen) atoms. The number of carbonyl (C=O) groups excluding carboxylic acids is 2. The summed E-state index contributed by atoms with van der Waals surface area (Å²) >= 11 is 5.74. The summed E-state index contributed by atoms with van der Waals surface area (Å²) in [5.74, 6) is -0.892. The van der Waals surface area contributed by atoms with Crippen LogP contribution in [0.15, 0.2) is 12.4 Å². The number of nitrogens with zero attached hydrogens (tertiary/aromatic N) is 4. The van der Waals surface area contributed by atoms with Crippen LogP contribution in [0.25, 0.3) is 0 Å². The van der Waals surface area contributed by atoms with Crippen LogP contribution in [-0.2, 0) is 19.6 Å². The summed E-state index contributed by atoms with van der Waals surface area (Å²) in [6.07, 6.45) is 4.87. The molecule has 1 atom stereocenters. The summed E-state index contributed by atoms with van der Waals surface area (Å²) in [6, 6.07) is 0.146. The van der Waals surface area contributed by atoms with Crippen LogP contribution in [-0.4, -0.2) is 70.9 Å². The molecule has 2 aliphatic rings. The van der Waals surface area contributed by atoms with Gasteiger partial charge in [0.05, 0.1) is 29.7 Å². The Morgan fingerprint density at radius 3 is 2.48 bits per heavy atom. The maximum atomic E-state index is 12.7. The first-order chi connectivity index (χ1) is 12.8. The molecule has 0 radical (unpaired) electrons. The Kier molecular flexibility index (Phi) is 6.28. The first-order valence-corrected chi connectivity index (χ1v) is 10.8. The number of rotatable bonds is 6. The number of ether oxygens (including phenoxy) is 1. The Labute approximate surface area is 162 Å². The van der Waals surface area contributed by atoms with Gasteiger partial charge in [-0.1, -0.05) is 11.6 Å². The predicted molar refractivity (Wildman–Crippen MR) is 96.6 cm³/mol. The number of halogens is 1. The van der Waals surface area contributed by atoms with Crippen molar-refractivity contribution in [1.29, 1.82) is 0 Å². The number of amides is 2. The molecular weight excluding hydrogens is 396 g/mol. The molecule has 1 aromatic rings. The normalized spacial score (nSPS) is 22.1. The van der Waals surface area contributed by atoms with E-state index in [-0.39, 0.29) is 55.6 Å². The van der Waals surface area contributed by atoms with E-state index >= 15 is 0 Å². The number of piperidine rings is 2. The van der Waals surface area contributed by atoms with Gasteiger partial charge in [0, 0.05) is 25.9 Å². The Morgan fingerprint density at radius 2 is 1.81 bits per heavy atom. The lowest BCUT2D eigenvalue weighted by Crippen LogP contribution is -2.48. The van der Waals surface area contributed by atoms with Crippen LogP contribution in [0.1, 0.15) is 32.1 Å². The van der Waals surface area contributed by atoms with Gasteiger partial charge in [-0.15, -0.1) is 0 Å². The lowest BCUT2D eigenvalue weighted by molar-refractivity contribution is -0.147. The number of aromatic nitrogens is 2. The number of imide groups is 1. The van der Waals surface area contributed by atoms with E-state index in [0.717, 1.165) is 4.90 Å². The van der Waals surface area contributed by atoms with Gasteiger partial charge in [0.15, 0.2) is 0 Å². The predicted octanol–water partition coefficient (Wildman–Crippen LogP) is 0.842. The van der Waals surface area contributed by atoms with Crippen molar-refractivity contribution >= 4 is 33.4 Å². The highest BCUT2D eigenvalue weighted by Gasteiger charge is 2.32. The second kappa shape index (κ2) is 8.49. The summed E-state index contributed by atoms with van der Waals surface area (Å²) in [7, 11) is -3.62. The monoisotopic (exact) mass is 416 g/mol. The third-order valence-electron chi connectivity index (χ3n) is 4.56. The molecule has 1 aromatic heterocycles. The van der Waals surface area contributed by atoms with Gasteiger partial charge >= 0.3 is 6.01 Å². The van der Waals surface area contributed by atoms with E-state index in [1.54, 1.807) is 0 Å². The van der Waals surface area contributed by atoms with Crippen LogP contribution in [0.2, 0.25) is 5.02 Å². The topological polar surface area (TPSA) is 110 Å². The van der Waals surface area contributed by atoms with Crippen LogP contribution >= 0.6 is 11.6 Å². The summed E-state index contributed by atoms with van der Waals surface area (Å²) < 4.78 is 32.3. The van der Waals surface area contributed by atoms with Crippen molar-refractivity contribution in [2.45, 2.75) is 38.2 Å². The van der Waals surface area contributed by atoms with E-state index in [0.29, 0.717) is 30.8 Å². The van der Waals surface area contributed by atoms with Gasteiger partial charge in [0.25, 0.3) is 0 Å². The van der Waals surface area contributed by atoms with Crippen LogP contribution in [0, 0.1) is 0 Å². The van der Waals surface area contributed by atoms with E-state index in [4.69, 9.17) is 16.3 Å². The van der Waals surface area contributed by atoms with Gasteiger partial charge in [-0.05, 0) is 19.3 Å². The van der Waals surface area contributed by atoms with Gasteiger partial charge in [-0.2, -0.15) is 4.31 Å². The lowest BCUT2D eigenvalue weighted by Gasteiger charge is -2.32. The van der Waals surface area contributed by atoms with Gasteiger partial charge in [-0.3, -0.25) is 14.5 Å². The molecule has 2 fully saturated rings. The molecule has 0 bridgehead atoms. The summed E-state index contributed by atoms with van der Waals surface area (Å²) in [6.45, 7) is 0.449. The second-order valence-corrected chi connectivity index (χ2v) is 9.06. The van der Waals surface area contributed by atoms with Crippen molar-refractivity contribution in [1.82, 2.24) is 19.2 Å². The number of carbonyl (C=O) groups is 2. The Morgan fingerprint density at radius 1 is 1.15 bits per heavy atom. The maximum Gasteiger partial charge on any atom is 0.316 e. The molecule has 11 heteroatoms. The zero-order valence-electron chi connectivity index (χ0n) is 14.7. The average Bonchev–Trinajstić information content (AvgIpc) is 2.63. The number of hydrogen-bond donors (Lipinski definition) is 0. The molecular formula is C16H21ClN4O5S. The van der Waals surface area contributed by atoms with Crippen LogP contribution in [0.5, 0.6) is 6.01 Å². The highest BCUT2D eigenvalue weighted by Crippen LogP contribution is 2.19. The fraction of sp³-hybridized carbons (Fsp3) is 0.625. The van der Waals surface area contributed by atoms with Crippen molar-refractivity contribution in [3.63, 3.8) is 0 Å². The Balaban J connectivity index is 1.58. The summed E-state index contributed by atoms with van der Waals surface area (Å²) in [4.78, 5) is 32.6. The molecule has 3 heterocycles. The van der Waals surface area contributed by atoms with Gasteiger partial charge in [0.1, 0.15) is 6.10 Å². The molecule has 0 saturated carbocycles. The first-order valence-electron chi connectivity index (χ1n) is 8.80. The molecule has 0 aliphatic carbocycles. The lowest BCUT2D eigenvalue weighted by atomic mass is 10.1. The number of hydrogen-bond acceptors (Lipinski definition) is 7. The first kappa shape index (κ1) is 20.0. The minimum absolute atomic E-state index is 0.109. The molecule has 148 valence electrons. The largest absolute Gasteiger partial charge is 0.459 e. The third kappa shape index (κ3) is 5.14. The molecule has 0 N–H and O–H groups in total. The summed E-state index contributed by atoms with van der Waals surface area (Å²) in [5.41, 5.74) is 0. The molecule has 2 saturated heterocycles. The van der Waals surface area contributed by atoms with Crippen LogP contribution in [0.3, 0.4) is 0 Å². The van der Waals surface area contributed by atoms with Crippen molar-refractivity contribution < 1.29 is 22.7 Å². The van der Waals surface area contributed by atoms with Crippen molar-refractivity contribution in [2.24, 2.45) is 0 Å². The van der Waals surface area contributed by atoms with E-state index in [1.807, 2.05) is 0 Å². The van der Waals surface area contributed by atoms with Crippen LogP contribution in [0.4, 0.5) is 0 Å². The highest BCUT2D eigenvalue weighted by atomic mass is 35.5. The Bertz CT molecular complexity index is 786. The fourth-order valence-corrected chi connectivity index (χ4v) is 4.72. The van der Waals surface area contributed by atoms with Crippen molar-refractivity contribution in [3.05, 3.63) is 17.4 Å². The second-order valence-electron chi connectivity index (χ2n) is 6.53. The average molecular weight is 417 g/mol. The van der Waals surface area contributed by atoms with Gasteiger partial charge in [0.2, 0.25) is 21.8 Å². The fourth-order valence-electron chi connectivity index (χ4n) is 3.15. The van der Waals surface area contributed by atoms with E-state index in [1.165, 1.54) is 16.7 Å². The summed E-state index contributed by atoms with van der Waals surface area (Å²) in [5, 5.41) is 0.386. The van der Waals surface area contributed by atoms with Crippen molar-refractivity contribution in [2.75, 3.05) is 25.4 Å². The van der Waals surface area contributed by atoms with E-state index in [9.17, 15) is 18.0 Å². The number of sulfonamides is 1. The molecule has 2 amide bonds. The standard InChI is InChI=1S/C16H21ClN4O5S/c17-12-9-18-16(19-10-12)26-13-3-2-6-20(11-13)27(24,25)8-7-21-14(22)4-1-5-15(21)23/h9-10,13H,1-8,11H2/t13-/m0/s1. The third-order valence-corrected chi connectivity index (χ3v) is 6.57. The van der Waals surface area contributed by atoms with Crippen LogP contribution < -0.4 is 4.74 Å². The smallest absolute Gasteiger partial charge is 0.316 e. The minimum Gasteiger partial charge on any atom is -0.459 e. The molecule has 2 aliphatic heterocycles. The van der Waals surface area contributed by atoms with Gasteiger partial charge < -0.3 is 4.74 Å². The molecule has 9 nitrogen and oxygen atoms in total. The molecule has 0 aromatic carbocycles. The minimum atomic E-state index is -3.62. The Hall–Kier alpha value is -1.78. The van der Waals surface area contributed by atoms with Gasteiger partial charge in [-0.25, -0.2) is 18.4 Å². The molecule has 3 rings (SSSR count). The molecule has 0 unspecified atom stereocenters. The highest BCUT2D eigenvalue weighted by molar-refractivity contribution is 7.89. The van der Waals surface area contributed by atoms with Crippen molar-refractivity contribution in [3.8, 4) is 6.01 Å². The maximum absolute atomic E-state index is 12.7. The SMILES string of the molecule is O=C1CCCC(=O)N1CCS(=O)(=O)N1CCC[C@H](Oc2ncc(Cl)cn2)C1. The van der Waals surface area contributed by atoms with E-state index in [2.05, 4.69) is 9.97 Å². The number of likely N-dealkylation sites (tertiary alicyclic amines) is 1.